The molecule has 0 aliphatic rings. The number of hydrogen-bond acceptors (Lipinski definition) is 4. The van der Waals surface area contributed by atoms with Crippen LogP contribution in [-0.4, -0.2) is 58.8 Å². The van der Waals surface area contributed by atoms with Gasteiger partial charge >= 0.3 is 11.9 Å². The fourth-order valence-electron chi connectivity index (χ4n) is 4.48. The zero-order chi connectivity index (χ0) is 25.5. The van der Waals surface area contributed by atoms with Crippen molar-refractivity contribution in [1.29, 1.82) is 0 Å². The third-order valence-corrected chi connectivity index (χ3v) is 6.45. The van der Waals surface area contributed by atoms with Crippen LogP contribution in [0.5, 0.6) is 0 Å². The first-order valence-electron chi connectivity index (χ1n) is 13.4. The summed E-state index contributed by atoms with van der Waals surface area (Å²) in [5.41, 5.74) is 0. The van der Waals surface area contributed by atoms with Crippen molar-refractivity contribution in [3.63, 3.8) is 0 Å². The van der Waals surface area contributed by atoms with Gasteiger partial charge in [0, 0.05) is 25.2 Å². The Hall–Kier alpha value is -1.89. The van der Waals surface area contributed by atoms with Crippen LogP contribution in [0.4, 0.5) is 0 Å². The molecule has 7 heteroatoms. The van der Waals surface area contributed by atoms with Gasteiger partial charge in [-0.25, -0.2) is 0 Å². The molecule has 7 nitrogen and oxygen atoms in total. The molecule has 0 fully saturated rings. The van der Waals surface area contributed by atoms with Gasteiger partial charge in [-0.05, 0) is 64.2 Å². The summed E-state index contributed by atoms with van der Waals surface area (Å²) in [4.78, 5) is 32.6. The normalized spacial score (nSPS) is 11.8. The third kappa shape index (κ3) is 20.7. The van der Waals surface area contributed by atoms with E-state index < -0.39 is 17.9 Å². The summed E-state index contributed by atoms with van der Waals surface area (Å²) in [6.07, 6.45) is 18.7. The summed E-state index contributed by atoms with van der Waals surface area (Å²) < 4.78 is 0.817. The van der Waals surface area contributed by atoms with Crippen molar-refractivity contribution in [3.8, 4) is 0 Å². The molecule has 0 heterocycles. The molecule has 0 spiro atoms. The molecule has 0 saturated heterocycles. The van der Waals surface area contributed by atoms with Crippen molar-refractivity contribution in [2.75, 3.05) is 26.2 Å². The van der Waals surface area contributed by atoms with Gasteiger partial charge in [-0.1, -0.05) is 44.8 Å². The van der Waals surface area contributed by atoms with E-state index in [4.69, 9.17) is 10.2 Å². The lowest BCUT2D eigenvalue weighted by atomic mass is 10.1. The van der Waals surface area contributed by atoms with Crippen molar-refractivity contribution in [2.45, 2.75) is 116 Å². The first-order valence-corrected chi connectivity index (χ1v) is 13.4. The van der Waals surface area contributed by atoms with E-state index in [0.29, 0.717) is 19.3 Å². The molecule has 0 atom stereocenters. The van der Waals surface area contributed by atoms with E-state index in [-0.39, 0.29) is 19.3 Å². The number of quaternary nitrogens is 1. The average Bonchev–Trinajstić information content (AvgIpc) is 2.78. The van der Waals surface area contributed by atoms with Gasteiger partial charge in [0.05, 0.1) is 26.2 Å². The van der Waals surface area contributed by atoms with Gasteiger partial charge in [0.25, 0.3) is 0 Å². The van der Waals surface area contributed by atoms with Crippen LogP contribution in [-0.2, 0) is 14.4 Å². The molecule has 34 heavy (non-hydrogen) atoms. The number of carbonyl (C=O) groups is 3. The second kappa shape index (κ2) is 21.6. The van der Waals surface area contributed by atoms with Crippen LogP contribution in [0.1, 0.15) is 116 Å². The van der Waals surface area contributed by atoms with Crippen LogP contribution in [0.3, 0.4) is 0 Å². The number of aliphatic carboxylic acids is 3. The Morgan fingerprint density at radius 1 is 0.618 bits per heavy atom. The first kappa shape index (κ1) is 32.1. The maximum absolute atomic E-state index is 10.9. The fourth-order valence-corrected chi connectivity index (χ4v) is 4.48. The zero-order valence-corrected chi connectivity index (χ0v) is 21.5. The van der Waals surface area contributed by atoms with Gasteiger partial charge in [0.2, 0.25) is 0 Å². The van der Waals surface area contributed by atoms with Crippen molar-refractivity contribution >= 4 is 17.9 Å². The lowest BCUT2D eigenvalue weighted by Gasteiger charge is -2.39. The minimum atomic E-state index is -1.03. The molecule has 0 saturated carbocycles. The number of rotatable bonds is 25. The van der Waals surface area contributed by atoms with Crippen LogP contribution in [0.25, 0.3) is 0 Å². The minimum Gasteiger partial charge on any atom is -0.550 e. The topological polar surface area (TPSA) is 115 Å². The monoisotopic (exact) mass is 483 g/mol. The largest absolute Gasteiger partial charge is 0.550 e. The Balaban J connectivity index is 4.84. The Morgan fingerprint density at radius 3 is 1.53 bits per heavy atom. The molecule has 0 bridgehead atoms. The van der Waals surface area contributed by atoms with E-state index in [1.54, 1.807) is 0 Å². The lowest BCUT2D eigenvalue weighted by Crippen LogP contribution is -2.51. The minimum absolute atomic E-state index is 0.0546. The van der Waals surface area contributed by atoms with Gasteiger partial charge in [0.15, 0.2) is 0 Å². The highest BCUT2D eigenvalue weighted by atomic mass is 16.4. The molecule has 0 radical (unpaired) electrons. The van der Waals surface area contributed by atoms with Gasteiger partial charge in [-0.3, -0.25) is 9.59 Å². The van der Waals surface area contributed by atoms with Crippen LogP contribution in [0.15, 0.2) is 12.2 Å². The fraction of sp³-hybridized carbons (Fsp3) is 0.815. The van der Waals surface area contributed by atoms with Crippen LogP contribution in [0.2, 0.25) is 0 Å². The number of carboxylic acid groups (broad SMARTS) is 3. The van der Waals surface area contributed by atoms with Crippen molar-refractivity contribution in [3.05, 3.63) is 12.2 Å². The molecule has 0 aromatic carbocycles. The summed E-state index contributed by atoms with van der Waals surface area (Å²) in [6.45, 7) is 5.72. The predicted molar refractivity (Wildman–Crippen MR) is 133 cm³/mol. The van der Waals surface area contributed by atoms with Gasteiger partial charge < -0.3 is 24.6 Å². The Bertz CT molecular complexity index is 520. The zero-order valence-electron chi connectivity index (χ0n) is 21.5. The number of carbonyl (C=O) groups excluding carboxylic acids is 1. The summed E-state index contributed by atoms with van der Waals surface area (Å²) in [5, 5.41) is 28.7. The molecule has 0 rings (SSSR count). The van der Waals surface area contributed by atoms with Crippen molar-refractivity contribution < 1.29 is 34.2 Å². The quantitative estimate of drug-likeness (QED) is 0.108. The molecule has 0 aromatic rings. The van der Waals surface area contributed by atoms with Gasteiger partial charge in [-0.2, -0.15) is 0 Å². The molecule has 0 aliphatic heterocycles. The maximum atomic E-state index is 10.9. The highest BCUT2D eigenvalue weighted by Crippen LogP contribution is 2.18. The van der Waals surface area contributed by atoms with Crippen LogP contribution >= 0.6 is 0 Å². The summed E-state index contributed by atoms with van der Waals surface area (Å²) in [7, 11) is 0. The van der Waals surface area contributed by atoms with Crippen molar-refractivity contribution in [2.24, 2.45) is 0 Å². The Labute approximate surface area is 206 Å². The number of carboxylic acids is 3. The second-order valence-corrected chi connectivity index (χ2v) is 9.58. The molecule has 0 unspecified atom stereocenters. The molecule has 0 amide bonds. The van der Waals surface area contributed by atoms with Crippen molar-refractivity contribution in [1.82, 2.24) is 0 Å². The standard InChI is InChI=1S/C27H49NO6/c1-2-3-4-5-6-7-8-9-10-14-21-28(22-15-11-18-25(29)30,23-16-12-19-26(31)32)24-17-13-20-27(33)34/h8-9H,2-7,10-24H2,1H3,(H2-,29,30,31,32,33,34)/b9-8+. The van der Waals surface area contributed by atoms with E-state index in [1.165, 1.54) is 32.1 Å². The number of allylic oxidation sites excluding steroid dienone is 2. The number of nitrogens with zero attached hydrogens (tertiary/aromatic N) is 1. The van der Waals surface area contributed by atoms with Gasteiger partial charge in [0.1, 0.15) is 0 Å². The molecular formula is C27H49NO6. The number of hydrogen-bond donors (Lipinski definition) is 2. The van der Waals surface area contributed by atoms with Crippen LogP contribution < -0.4 is 5.11 Å². The van der Waals surface area contributed by atoms with Gasteiger partial charge in [-0.15, -0.1) is 0 Å². The summed E-state index contributed by atoms with van der Waals surface area (Å²) in [5.74, 6) is -2.59. The Morgan fingerprint density at radius 2 is 1.06 bits per heavy atom. The summed E-state index contributed by atoms with van der Waals surface area (Å²) >= 11 is 0. The van der Waals surface area contributed by atoms with E-state index >= 15 is 0 Å². The molecule has 0 aliphatic carbocycles. The average molecular weight is 484 g/mol. The highest BCUT2D eigenvalue weighted by molar-refractivity contribution is 5.66. The van der Waals surface area contributed by atoms with Crippen LogP contribution in [0, 0.1) is 0 Å². The first-order chi connectivity index (χ1) is 16.3. The van der Waals surface area contributed by atoms with E-state index in [2.05, 4.69) is 19.1 Å². The Kier molecular flexibility index (Phi) is 20.4. The summed E-state index contributed by atoms with van der Waals surface area (Å²) in [6, 6.07) is 0. The third-order valence-electron chi connectivity index (χ3n) is 6.45. The van der Waals surface area contributed by atoms with E-state index in [0.717, 1.165) is 69.2 Å². The second-order valence-electron chi connectivity index (χ2n) is 9.58. The predicted octanol–water partition coefficient (Wildman–Crippen LogP) is 4.93. The smallest absolute Gasteiger partial charge is 0.303 e. The molecule has 0 aromatic heterocycles. The maximum Gasteiger partial charge on any atom is 0.303 e. The SMILES string of the molecule is CCCCCCC/C=C/CCC[N+](CCCCC(=O)[O-])(CCCCC(=O)O)CCCCC(=O)O. The van der Waals surface area contributed by atoms with E-state index in [9.17, 15) is 19.5 Å². The van der Waals surface area contributed by atoms with E-state index in [1.807, 2.05) is 0 Å². The molecular weight excluding hydrogens is 434 g/mol. The molecule has 198 valence electrons. The molecule has 2 N–H and O–H groups in total. The number of unbranched alkanes of at least 4 members (excludes halogenated alkanes) is 9. The highest BCUT2D eigenvalue weighted by Gasteiger charge is 2.26. The lowest BCUT2D eigenvalue weighted by molar-refractivity contribution is -0.929.